The van der Waals surface area contributed by atoms with Crippen LogP contribution in [0, 0.1) is 11.6 Å². The molecule has 20 heavy (non-hydrogen) atoms. The molecule has 0 aromatic heterocycles. The lowest BCUT2D eigenvalue weighted by molar-refractivity contribution is -0.113. The SMILES string of the molecule is NC(=O)/C=C/c1ccccc1Oc1cc(F)cc(F)c1. The van der Waals surface area contributed by atoms with Crippen molar-refractivity contribution in [1.29, 1.82) is 0 Å². The molecule has 0 saturated heterocycles. The number of hydrogen-bond donors (Lipinski definition) is 1. The predicted octanol–water partition coefficient (Wildman–Crippen LogP) is 3.26. The van der Waals surface area contributed by atoms with Gasteiger partial charge in [-0.25, -0.2) is 8.78 Å². The van der Waals surface area contributed by atoms with Crippen molar-refractivity contribution < 1.29 is 18.3 Å². The molecule has 0 fully saturated rings. The third kappa shape index (κ3) is 3.65. The molecule has 0 heterocycles. The standard InChI is InChI=1S/C15H11F2NO2/c16-11-7-12(17)9-13(8-11)20-14-4-2-1-3-10(14)5-6-15(18)19/h1-9H,(H2,18,19)/b6-5+. The first-order chi connectivity index (χ1) is 9.54. The first-order valence-electron chi connectivity index (χ1n) is 5.75. The minimum absolute atomic E-state index is 0.0300. The van der Waals surface area contributed by atoms with Crippen molar-refractivity contribution in [3.8, 4) is 11.5 Å². The van der Waals surface area contributed by atoms with Crippen LogP contribution in [0.15, 0.2) is 48.5 Å². The fourth-order valence-electron chi connectivity index (χ4n) is 1.60. The summed E-state index contributed by atoms with van der Waals surface area (Å²) in [6.07, 6.45) is 2.64. The Hall–Kier alpha value is -2.69. The molecular weight excluding hydrogens is 264 g/mol. The zero-order valence-corrected chi connectivity index (χ0v) is 10.3. The molecule has 0 atom stereocenters. The van der Waals surface area contributed by atoms with Crippen LogP contribution in [0.5, 0.6) is 11.5 Å². The Morgan fingerprint density at radius 1 is 1.10 bits per heavy atom. The second-order valence-corrected chi connectivity index (χ2v) is 3.98. The number of amides is 1. The molecule has 5 heteroatoms. The highest BCUT2D eigenvalue weighted by Crippen LogP contribution is 2.27. The molecular formula is C15H11F2NO2. The Kier molecular flexibility index (Phi) is 4.10. The van der Waals surface area contributed by atoms with Gasteiger partial charge in [0, 0.05) is 29.8 Å². The molecule has 0 saturated carbocycles. The van der Waals surface area contributed by atoms with E-state index in [9.17, 15) is 13.6 Å². The average molecular weight is 275 g/mol. The van der Waals surface area contributed by atoms with Crippen molar-refractivity contribution in [1.82, 2.24) is 0 Å². The fraction of sp³-hybridized carbons (Fsp3) is 0. The summed E-state index contributed by atoms with van der Waals surface area (Å²) in [6.45, 7) is 0. The van der Waals surface area contributed by atoms with Gasteiger partial charge in [-0.15, -0.1) is 0 Å². The van der Waals surface area contributed by atoms with Crippen LogP contribution in [0.4, 0.5) is 8.78 Å². The number of rotatable bonds is 4. The predicted molar refractivity (Wildman–Crippen MR) is 71.1 cm³/mol. The lowest BCUT2D eigenvalue weighted by Gasteiger charge is -2.08. The molecule has 2 aromatic carbocycles. The van der Waals surface area contributed by atoms with Gasteiger partial charge in [-0.2, -0.15) is 0 Å². The van der Waals surface area contributed by atoms with E-state index < -0.39 is 17.5 Å². The minimum atomic E-state index is -0.731. The highest BCUT2D eigenvalue weighted by atomic mass is 19.1. The summed E-state index contributed by atoms with van der Waals surface area (Å²) in [5, 5.41) is 0. The van der Waals surface area contributed by atoms with Gasteiger partial charge in [-0.1, -0.05) is 18.2 Å². The first-order valence-corrected chi connectivity index (χ1v) is 5.75. The van der Waals surface area contributed by atoms with Crippen LogP contribution in [0.2, 0.25) is 0 Å². The van der Waals surface area contributed by atoms with E-state index in [0.29, 0.717) is 11.3 Å². The number of ether oxygens (including phenoxy) is 1. The number of carbonyl (C=O) groups is 1. The van der Waals surface area contributed by atoms with Gasteiger partial charge in [0.2, 0.25) is 5.91 Å². The van der Waals surface area contributed by atoms with Crippen molar-refractivity contribution in [3.63, 3.8) is 0 Å². The molecule has 2 rings (SSSR count). The summed E-state index contributed by atoms with van der Waals surface area (Å²) < 4.78 is 31.6. The summed E-state index contributed by atoms with van der Waals surface area (Å²) in [5.74, 6) is -1.68. The topological polar surface area (TPSA) is 52.3 Å². The van der Waals surface area contributed by atoms with Crippen molar-refractivity contribution in [3.05, 3.63) is 65.7 Å². The van der Waals surface area contributed by atoms with Crippen molar-refractivity contribution in [2.75, 3.05) is 0 Å². The maximum atomic E-state index is 13.1. The summed E-state index contributed by atoms with van der Waals surface area (Å²) in [7, 11) is 0. The van der Waals surface area contributed by atoms with Crippen molar-refractivity contribution in [2.45, 2.75) is 0 Å². The van der Waals surface area contributed by atoms with Gasteiger partial charge in [0.25, 0.3) is 0 Å². The molecule has 1 amide bonds. The van der Waals surface area contributed by atoms with Gasteiger partial charge in [0.05, 0.1) is 0 Å². The van der Waals surface area contributed by atoms with Crippen molar-refractivity contribution in [2.24, 2.45) is 5.73 Å². The average Bonchev–Trinajstić information content (AvgIpc) is 2.36. The van der Waals surface area contributed by atoms with Gasteiger partial charge in [0.1, 0.15) is 23.1 Å². The van der Waals surface area contributed by atoms with Crippen LogP contribution in [0.25, 0.3) is 6.08 Å². The molecule has 0 spiro atoms. The van der Waals surface area contributed by atoms with Crippen LogP contribution in [-0.2, 0) is 4.79 Å². The molecule has 0 radical (unpaired) electrons. The van der Waals surface area contributed by atoms with Crippen molar-refractivity contribution >= 4 is 12.0 Å². The number of halogens is 2. The highest BCUT2D eigenvalue weighted by molar-refractivity contribution is 5.90. The van der Waals surface area contributed by atoms with E-state index in [-0.39, 0.29) is 5.75 Å². The summed E-state index contributed by atoms with van der Waals surface area (Å²) in [6, 6.07) is 9.63. The largest absolute Gasteiger partial charge is 0.457 e. The molecule has 2 aromatic rings. The van der Waals surface area contributed by atoms with E-state index in [2.05, 4.69) is 0 Å². The van der Waals surface area contributed by atoms with Gasteiger partial charge in [0.15, 0.2) is 0 Å². The summed E-state index contributed by atoms with van der Waals surface area (Å²) in [5.41, 5.74) is 5.58. The minimum Gasteiger partial charge on any atom is -0.457 e. The van der Waals surface area contributed by atoms with Gasteiger partial charge in [-0.05, 0) is 12.1 Å². The number of carbonyl (C=O) groups excluding carboxylic acids is 1. The third-order valence-electron chi connectivity index (χ3n) is 2.41. The lowest BCUT2D eigenvalue weighted by Crippen LogP contribution is -2.05. The van der Waals surface area contributed by atoms with Gasteiger partial charge in [-0.3, -0.25) is 4.79 Å². The van der Waals surface area contributed by atoms with Crippen LogP contribution in [-0.4, -0.2) is 5.91 Å². The van der Waals surface area contributed by atoms with E-state index in [0.717, 1.165) is 18.2 Å². The first kappa shape index (κ1) is 13.7. The summed E-state index contributed by atoms with van der Waals surface area (Å²) >= 11 is 0. The van der Waals surface area contributed by atoms with E-state index >= 15 is 0 Å². The molecule has 2 N–H and O–H groups in total. The fourth-order valence-corrected chi connectivity index (χ4v) is 1.60. The number of nitrogens with two attached hydrogens (primary N) is 1. The summed E-state index contributed by atoms with van der Waals surface area (Å²) in [4.78, 5) is 10.7. The zero-order valence-electron chi connectivity index (χ0n) is 10.3. The quantitative estimate of drug-likeness (QED) is 0.871. The Labute approximate surface area is 114 Å². The Bertz CT molecular complexity index is 648. The van der Waals surface area contributed by atoms with E-state index in [1.807, 2.05) is 0 Å². The second kappa shape index (κ2) is 5.97. The Morgan fingerprint density at radius 3 is 2.40 bits per heavy atom. The molecule has 0 aliphatic rings. The monoisotopic (exact) mass is 275 g/mol. The second-order valence-electron chi connectivity index (χ2n) is 3.98. The third-order valence-corrected chi connectivity index (χ3v) is 2.41. The van der Waals surface area contributed by atoms with Crippen LogP contribution < -0.4 is 10.5 Å². The number of benzene rings is 2. The van der Waals surface area contributed by atoms with E-state index in [1.165, 1.54) is 12.2 Å². The van der Waals surface area contributed by atoms with E-state index in [1.54, 1.807) is 24.3 Å². The molecule has 0 unspecified atom stereocenters. The zero-order chi connectivity index (χ0) is 14.5. The normalized spacial score (nSPS) is 10.7. The molecule has 0 aliphatic carbocycles. The van der Waals surface area contributed by atoms with E-state index in [4.69, 9.17) is 10.5 Å². The smallest absolute Gasteiger partial charge is 0.241 e. The molecule has 3 nitrogen and oxygen atoms in total. The Morgan fingerprint density at radius 2 is 1.75 bits per heavy atom. The molecule has 0 aliphatic heterocycles. The van der Waals surface area contributed by atoms with Crippen LogP contribution in [0.1, 0.15) is 5.56 Å². The maximum absolute atomic E-state index is 13.1. The van der Waals surface area contributed by atoms with Gasteiger partial charge < -0.3 is 10.5 Å². The van der Waals surface area contributed by atoms with Gasteiger partial charge >= 0.3 is 0 Å². The maximum Gasteiger partial charge on any atom is 0.241 e. The highest BCUT2D eigenvalue weighted by Gasteiger charge is 2.05. The number of primary amides is 1. The molecule has 102 valence electrons. The number of hydrogen-bond acceptors (Lipinski definition) is 2. The lowest BCUT2D eigenvalue weighted by atomic mass is 10.2. The van der Waals surface area contributed by atoms with Crippen LogP contribution in [0.3, 0.4) is 0 Å². The van der Waals surface area contributed by atoms with Crippen LogP contribution >= 0.6 is 0 Å². The Balaban J connectivity index is 2.31. The number of para-hydroxylation sites is 1. The molecule has 0 bridgehead atoms.